The van der Waals surface area contributed by atoms with E-state index < -0.39 is 0 Å². The molecule has 2 heterocycles. The summed E-state index contributed by atoms with van der Waals surface area (Å²) in [4.78, 5) is 0. The minimum absolute atomic E-state index is 0.532. The summed E-state index contributed by atoms with van der Waals surface area (Å²) in [6, 6.07) is 0.679. The van der Waals surface area contributed by atoms with Crippen LogP contribution in [-0.4, -0.2) is 38.4 Å². The summed E-state index contributed by atoms with van der Waals surface area (Å²) in [5.74, 6) is 0.823. The quantitative estimate of drug-likeness (QED) is 0.698. The van der Waals surface area contributed by atoms with Crippen LogP contribution in [0.3, 0.4) is 0 Å². The van der Waals surface area contributed by atoms with Gasteiger partial charge in [-0.3, -0.25) is 0 Å². The van der Waals surface area contributed by atoms with Crippen molar-refractivity contribution in [2.24, 2.45) is 5.92 Å². The van der Waals surface area contributed by atoms with Gasteiger partial charge < -0.3 is 15.4 Å². The Labute approximate surface area is 99.3 Å². The number of hydrogen-bond donors (Lipinski definition) is 2. The Balaban J connectivity index is 1.53. The predicted octanol–water partition coefficient (Wildman–Crippen LogP) is 1.53. The third kappa shape index (κ3) is 3.72. The van der Waals surface area contributed by atoms with Gasteiger partial charge in [0, 0.05) is 19.2 Å². The van der Waals surface area contributed by atoms with E-state index in [-0.39, 0.29) is 0 Å². The Kier molecular flexibility index (Phi) is 5.07. The van der Waals surface area contributed by atoms with Crippen molar-refractivity contribution >= 4 is 0 Å². The molecule has 0 aromatic carbocycles. The molecule has 0 radical (unpaired) electrons. The van der Waals surface area contributed by atoms with Crippen LogP contribution in [0.5, 0.6) is 0 Å². The van der Waals surface area contributed by atoms with E-state index in [1.54, 1.807) is 0 Å². The molecule has 2 aliphatic heterocycles. The van der Waals surface area contributed by atoms with Crippen LogP contribution >= 0.6 is 0 Å². The van der Waals surface area contributed by atoms with Gasteiger partial charge in [0.25, 0.3) is 0 Å². The van der Waals surface area contributed by atoms with Crippen LogP contribution in [0, 0.1) is 5.92 Å². The molecule has 2 aliphatic rings. The van der Waals surface area contributed by atoms with Crippen molar-refractivity contribution in [3.63, 3.8) is 0 Å². The van der Waals surface area contributed by atoms with Crippen molar-refractivity contribution < 1.29 is 4.74 Å². The molecule has 2 rings (SSSR count). The largest absolute Gasteiger partial charge is 0.378 e. The maximum Gasteiger partial charge on any atom is 0.0588 e. The fourth-order valence-electron chi connectivity index (χ4n) is 2.78. The Morgan fingerprint density at radius 2 is 2.25 bits per heavy atom. The van der Waals surface area contributed by atoms with E-state index in [9.17, 15) is 0 Å². The highest BCUT2D eigenvalue weighted by Crippen LogP contribution is 2.16. The summed E-state index contributed by atoms with van der Waals surface area (Å²) in [6.45, 7) is 6.76. The molecule has 94 valence electrons. The predicted molar refractivity (Wildman–Crippen MR) is 66.6 cm³/mol. The average Bonchev–Trinajstić information content (AvgIpc) is 2.79. The van der Waals surface area contributed by atoms with Crippen LogP contribution in [0.4, 0.5) is 0 Å². The van der Waals surface area contributed by atoms with E-state index in [4.69, 9.17) is 4.74 Å². The second kappa shape index (κ2) is 6.58. The lowest BCUT2D eigenvalue weighted by Crippen LogP contribution is -2.46. The van der Waals surface area contributed by atoms with Gasteiger partial charge in [0.15, 0.2) is 0 Å². The topological polar surface area (TPSA) is 33.3 Å². The maximum atomic E-state index is 5.61. The van der Waals surface area contributed by atoms with Gasteiger partial charge >= 0.3 is 0 Å². The van der Waals surface area contributed by atoms with Gasteiger partial charge in [0.05, 0.1) is 6.10 Å². The normalized spacial score (nSPS) is 35.4. The lowest BCUT2D eigenvalue weighted by atomic mass is 9.93. The van der Waals surface area contributed by atoms with E-state index in [0.717, 1.165) is 25.6 Å². The number of nitrogens with one attached hydrogen (secondary N) is 2. The van der Waals surface area contributed by atoms with E-state index in [0.29, 0.717) is 12.1 Å². The third-order valence-electron chi connectivity index (χ3n) is 3.96. The average molecular weight is 226 g/mol. The van der Waals surface area contributed by atoms with Crippen molar-refractivity contribution in [1.29, 1.82) is 0 Å². The van der Waals surface area contributed by atoms with E-state index >= 15 is 0 Å². The molecule has 2 N–H and O–H groups in total. The molecule has 3 atom stereocenters. The summed E-state index contributed by atoms with van der Waals surface area (Å²) in [7, 11) is 0. The zero-order chi connectivity index (χ0) is 11.2. The molecule has 0 amide bonds. The number of hydrogen-bond acceptors (Lipinski definition) is 3. The molecule has 2 saturated heterocycles. The van der Waals surface area contributed by atoms with Crippen LogP contribution in [0.15, 0.2) is 0 Å². The summed E-state index contributed by atoms with van der Waals surface area (Å²) in [6.07, 6.45) is 6.95. The van der Waals surface area contributed by atoms with Gasteiger partial charge in [-0.15, -0.1) is 0 Å². The van der Waals surface area contributed by atoms with Crippen LogP contribution in [0.1, 0.15) is 39.0 Å². The first kappa shape index (κ1) is 12.3. The van der Waals surface area contributed by atoms with E-state index in [2.05, 4.69) is 17.6 Å². The van der Waals surface area contributed by atoms with Crippen molar-refractivity contribution in [1.82, 2.24) is 10.6 Å². The summed E-state index contributed by atoms with van der Waals surface area (Å²) in [5.41, 5.74) is 0. The lowest BCUT2D eigenvalue weighted by Gasteiger charge is -2.30. The molecule has 3 nitrogen and oxygen atoms in total. The molecule has 0 saturated carbocycles. The van der Waals surface area contributed by atoms with Gasteiger partial charge in [0.1, 0.15) is 0 Å². The van der Waals surface area contributed by atoms with Crippen molar-refractivity contribution in [2.45, 2.75) is 51.2 Å². The minimum atomic E-state index is 0.532. The van der Waals surface area contributed by atoms with Gasteiger partial charge in [-0.05, 0) is 51.1 Å². The van der Waals surface area contributed by atoms with Crippen molar-refractivity contribution in [3.8, 4) is 0 Å². The fraction of sp³-hybridized carbons (Fsp3) is 1.00. The molecule has 0 bridgehead atoms. The summed E-state index contributed by atoms with van der Waals surface area (Å²) in [5, 5.41) is 7.17. The molecular weight excluding hydrogens is 200 g/mol. The highest BCUT2D eigenvalue weighted by molar-refractivity contribution is 4.80. The van der Waals surface area contributed by atoms with Crippen LogP contribution in [-0.2, 0) is 4.74 Å². The van der Waals surface area contributed by atoms with Crippen molar-refractivity contribution in [3.05, 3.63) is 0 Å². The highest BCUT2D eigenvalue weighted by atomic mass is 16.5. The molecular formula is C13H26N2O. The number of piperidine rings is 1. The summed E-state index contributed by atoms with van der Waals surface area (Å²) < 4.78 is 5.61. The van der Waals surface area contributed by atoms with Crippen LogP contribution < -0.4 is 10.6 Å². The zero-order valence-corrected chi connectivity index (χ0v) is 10.5. The Morgan fingerprint density at radius 1 is 1.31 bits per heavy atom. The molecule has 16 heavy (non-hydrogen) atoms. The molecule has 3 unspecified atom stereocenters. The van der Waals surface area contributed by atoms with Gasteiger partial charge in [0.2, 0.25) is 0 Å². The standard InChI is InChI=1S/C13H26N2O/c1-11-4-2-7-15-13(11)10-14-8-6-12-5-3-9-16-12/h11-15H,2-10H2,1H3. The first-order valence-electron chi connectivity index (χ1n) is 6.92. The third-order valence-corrected chi connectivity index (χ3v) is 3.96. The summed E-state index contributed by atoms with van der Waals surface area (Å²) >= 11 is 0. The zero-order valence-electron chi connectivity index (χ0n) is 10.5. The van der Waals surface area contributed by atoms with Gasteiger partial charge in [-0.1, -0.05) is 6.92 Å². The van der Waals surface area contributed by atoms with E-state index in [1.807, 2.05) is 0 Å². The lowest BCUT2D eigenvalue weighted by molar-refractivity contribution is 0.104. The van der Waals surface area contributed by atoms with Gasteiger partial charge in [-0.25, -0.2) is 0 Å². The Hall–Kier alpha value is -0.120. The number of ether oxygens (including phenoxy) is 1. The Bertz CT molecular complexity index is 192. The first-order chi connectivity index (χ1) is 7.86. The smallest absolute Gasteiger partial charge is 0.0588 e. The first-order valence-corrected chi connectivity index (χ1v) is 6.92. The maximum absolute atomic E-state index is 5.61. The SMILES string of the molecule is CC1CCCNC1CNCCC1CCCO1. The molecule has 0 aromatic rings. The van der Waals surface area contributed by atoms with E-state index in [1.165, 1.54) is 38.6 Å². The fourth-order valence-corrected chi connectivity index (χ4v) is 2.78. The minimum Gasteiger partial charge on any atom is -0.378 e. The van der Waals surface area contributed by atoms with Crippen LogP contribution in [0.2, 0.25) is 0 Å². The molecule has 0 aliphatic carbocycles. The second-order valence-corrected chi connectivity index (χ2v) is 5.31. The Morgan fingerprint density at radius 3 is 3.00 bits per heavy atom. The molecule has 0 spiro atoms. The van der Waals surface area contributed by atoms with Crippen molar-refractivity contribution in [2.75, 3.05) is 26.2 Å². The molecule has 2 fully saturated rings. The highest BCUT2D eigenvalue weighted by Gasteiger charge is 2.20. The second-order valence-electron chi connectivity index (χ2n) is 5.31. The van der Waals surface area contributed by atoms with Crippen LogP contribution in [0.25, 0.3) is 0 Å². The number of rotatable bonds is 5. The van der Waals surface area contributed by atoms with Gasteiger partial charge in [-0.2, -0.15) is 0 Å². The molecule has 0 aromatic heterocycles. The monoisotopic (exact) mass is 226 g/mol. The molecule has 3 heteroatoms.